The third-order valence-electron chi connectivity index (χ3n) is 2.85. The van der Waals surface area contributed by atoms with Gasteiger partial charge in [0.15, 0.2) is 0 Å². The molecule has 1 aliphatic heterocycles. The third-order valence-corrected chi connectivity index (χ3v) is 2.85. The van der Waals surface area contributed by atoms with Gasteiger partial charge < -0.3 is 5.11 Å². The van der Waals surface area contributed by atoms with Crippen molar-refractivity contribution in [3.8, 4) is 6.07 Å². The van der Waals surface area contributed by atoms with Crippen molar-refractivity contribution in [2.75, 3.05) is 6.54 Å². The van der Waals surface area contributed by atoms with Gasteiger partial charge in [0.05, 0.1) is 18.2 Å². The number of aliphatic carboxylic acids is 1. The minimum atomic E-state index is -1.38. The van der Waals surface area contributed by atoms with Crippen molar-refractivity contribution in [1.29, 1.82) is 5.26 Å². The quantitative estimate of drug-likeness (QED) is 0.611. The molecule has 0 aliphatic carbocycles. The number of urea groups is 1. The van der Waals surface area contributed by atoms with E-state index >= 15 is 0 Å². The number of carboxylic acids is 1. The molecule has 4 amide bonds. The average molecular weight is 287 g/mol. The van der Waals surface area contributed by atoms with Crippen LogP contribution < -0.4 is 0 Å². The van der Waals surface area contributed by atoms with Gasteiger partial charge in [-0.3, -0.25) is 19.3 Å². The summed E-state index contributed by atoms with van der Waals surface area (Å²) in [6.45, 7) is -1.02. The van der Waals surface area contributed by atoms with Gasteiger partial charge in [0.1, 0.15) is 6.54 Å². The van der Waals surface area contributed by atoms with Gasteiger partial charge in [-0.1, -0.05) is 12.1 Å². The maximum absolute atomic E-state index is 11.9. The highest BCUT2D eigenvalue weighted by molar-refractivity contribution is 6.44. The van der Waals surface area contributed by atoms with Gasteiger partial charge >= 0.3 is 23.8 Å². The van der Waals surface area contributed by atoms with Crippen molar-refractivity contribution in [3.05, 3.63) is 35.4 Å². The van der Waals surface area contributed by atoms with E-state index in [0.717, 1.165) is 0 Å². The Kier molecular flexibility index (Phi) is 3.67. The van der Waals surface area contributed by atoms with Crippen LogP contribution >= 0.6 is 0 Å². The second kappa shape index (κ2) is 5.42. The summed E-state index contributed by atoms with van der Waals surface area (Å²) < 4.78 is 0. The predicted octanol–water partition coefficient (Wildman–Crippen LogP) is -0.0663. The van der Waals surface area contributed by atoms with Crippen LogP contribution in [-0.4, -0.2) is 45.3 Å². The fourth-order valence-corrected chi connectivity index (χ4v) is 1.83. The first-order valence-corrected chi connectivity index (χ1v) is 5.82. The minimum absolute atomic E-state index is 0.161. The Hall–Kier alpha value is -3.21. The van der Waals surface area contributed by atoms with Crippen LogP contribution in [-0.2, 0) is 20.9 Å². The van der Waals surface area contributed by atoms with E-state index in [-0.39, 0.29) is 6.54 Å². The number of imide groups is 2. The number of hydrogen-bond donors (Lipinski definition) is 1. The van der Waals surface area contributed by atoms with E-state index in [1.807, 2.05) is 6.07 Å². The Morgan fingerprint density at radius 3 is 2.19 bits per heavy atom. The van der Waals surface area contributed by atoms with Gasteiger partial charge in [0, 0.05) is 0 Å². The van der Waals surface area contributed by atoms with Crippen molar-refractivity contribution in [2.24, 2.45) is 0 Å². The molecule has 21 heavy (non-hydrogen) atoms. The molecule has 1 fully saturated rings. The first-order valence-electron chi connectivity index (χ1n) is 5.82. The summed E-state index contributed by atoms with van der Waals surface area (Å²) in [4.78, 5) is 46.8. The van der Waals surface area contributed by atoms with Crippen molar-refractivity contribution in [3.63, 3.8) is 0 Å². The first kappa shape index (κ1) is 14.2. The molecule has 0 unspecified atom stereocenters. The van der Waals surface area contributed by atoms with Gasteiger partial charge in [-0.2, -0.15) is 5.26 Å². The second-order valence-corrected chi connectivity index (χ2v) is 4.27. The van der Waals surface area contributed by atoms with E-state index < -0.39 is 30.4 Å². The topological polar surface area (TPSA) is 119 Å². The molecule has 1 aromatic rings. The van der Waals surface area contributed by atoms with E-state index in [0.29, 0.717) is 20.9 Å². The van der Waals surface area contributed by atoms with Crippen LogP contribution in [0.15, 0.2) is 24.3 Å². The molecule has 0 bridgehead atoms. The SMILES string of the molecule is N#Cc1ccc(CN2C(=O)C(=O)N(CC(=O)O)C2=O)cc1. The van der Waals surface area contributed by atoms with E-state index in [2.05, 4.69) is 0 Å². The Balaban J connectivity index is 2.18. The molecule has 0 aromatic heterocycles. The molecule has 0 radical (unpaired) electrons. The molecule has 1 N–H and O–H groups in total. The monoisotopic (exact) mass is 287 g/mol. The second-order valence-electron chi connectivity index (χ2n) is 4.27. The summed E-state index contributed by atoms with van der Waals surface area (Å²) in [7, 11) is 0. The fraction of sp³-hybridized carbons (Fsp3) is 0.154. The molecule has 0 atom stereocenters. The van der Waals surface area contributed by atoms with E-state index in [9.17, 15) is 19.2 Å². The van der Waals surface area contributed by atoms with E-state index in [4.69, 9.17) is 10.4 Å². The van der Waals surface area contributed by atoms with E-state index in [1.54, 1.807) is 12.1 Å². The third kappa shape index (κ3) is 2.71. The Labute approximate surface area is 118 Å². The standard InChI is InChI=1S/C13H9N3O5/c14-5-8-1-3-9(4-2-8)6-15-11(19)12(20)16(13(15)21)7-10(17)18/h1-4H,6-7H2,(H,17,18). The molecular weight excluding hydrogens is 278 g/mol. The number of nitriles is 1. The zero-order valence-electron chi connectivity index (χ0n) is 10.6. The molecule has 2 rings (SSSR count). The lowest BCUT2D eigenvalue weighted by Gasteiger charge is -2.14. The molecule has 0 spiro atoms. The van der Waals surface area contributed by atoms with Crippen LogP contribution in [0.5, 0.6) is 0 Å². The molecule has 8 nitrogen and oxygen atoms in total. The number of carboxylic acid groups (broad SMARTS) is 1. The Bertz CT molecular complexity index is 674. The molecule has 1 aromatic carbocycles. The lowest BCUT2D eigenvalue weighted by atomic mass is 10.1. The molecule has 0 saturated carbocycles. The lowest BCUT2D eigenvalue weighted by Crippen LogP contribution is -2.36. The van der Waals surface area contributed by atoms with Crippen LogP contribution in [0.1, 0.15) is 11.1 Å². The van der Waals surface area contributed by atoms with Gasteiger partial charge in [-0.15, -0.1) is 0 Å². The summed E-state index contributed by atoms with van der Waals surface area (Å²) >= 11 is 0. The van der Waals surface area contributed by atoms with Crippen LogP contribution in [0.2, 0.25) is 0 Å². The number of rotatable bonds is 4. The van der Waals surface area contributed by atoms with Crippen molar-refractivity contribution >= 4 is 23.8 Å². The summed E-state index contributed by atoms with van der Waals surface area (Å²) in [6, 6.07) is 7.08. The van der Waals surface area contributed by atoms with Crippen LogP contribution in [0, 0.1) is 11.3 Å². The summed E-state index contributed by atoms with van der Waals surface area (Å²) in [5.41, 5.74) is 0.960. The Morgan fingerprint density at radius 1 is 1.10 bits per heavy atom. The zero-order chi connectivity index (χ0) is 15.6. The van der Waals surface area contributed by atoms with Crippen molar-refractivity contribution < 1.29 is 24.3 Å². The summed E-state index contributed by atoms with van der Waals surface area (Å²) in [5, 5.41) is 17.3. The number of benzene rings is 1. The molecular formula is C13H9N3O5. The van der Waals surface area contributed by atoms with Crippen LogP contribution in [0.4, 0.5) is 4.79 Å². The van der Waals surface area contributed by atoms with Gasteiger partial charge in [0.25, 0.3) is 0 Å². The Morgan fingerprint density at radius 2 is 1.67 bits per heavy atom. The maximum Gasteiger partial charge on any atom is 0.335 e. The van der Waals surface area contributed by atoms with Crippen molar-refractivity contribution in [1.82, 2.24) is 9.80 Å². The number of nitrogens with zero attached hydrogens (tertiary/aromatic N) is 3. The molecule has 8 heteroatoms. The van der Waals surface area contributed by atoms with Gasteiger partial charge in [-0.25, -0.2) is 9.69 Å². The highest BCUT2D eigenvalue weighted by Gasteiger charge is 2.45. The molecule has 1 aliphatic rings. The van der Waals surface area contributed by atoms with Crippen LogP contribution in [0.25, 0.3) is 0 Å². The fourth-order valence-electron chi connectivity index (χ4n) is 1.83. The molecule has 1 saturated heterocycles. The summed E-state index contributed by atoms with van der Waals surface area (Å²) in [5.74, 6) is -3.61. The molecule has 106 valence electrons. The number of carbonyl (C=O) groups excluding carboxylic acids is 3. The largest absolute Gasteiger partial charge is 0.480 e. The minimum Gasteiger partial charge on any atom is -0.480 e. The summed E-state index contributed by atoms with van der Waals surface area (Å²) in [6.07, 6.45) is 0. The number of hydrogen-bond acceptors (Lipinski definition) is 5. The van der Waals surface area contributed by atoms with Crippen LogP contribution in [0.3, 0.4) is 0 Å². The smallest absolute Gasteiger partial charge is 0.335 e. The number of amides is 4. The first-order chi connectivity index (χ1) is 9.93. The van der Waals surface area contributed by atoms with E-state index in [1.165, 1.54) is 12.1 Å². The lowest BCUT2D eigenvalue weighted by molar-refractivity contribution is -0.146. The normalized spacial score (nSPS) is 14.5. The maximum atomic E-state index is 11.9. The number of carbonyl (C=O) groups is 4. The average Bonchev–Trinajstić information content (AvgIpc) is 2.65. The highest BCUT2D eigenvalue weighted by Crippen LogP contribution is 2.16. The van der Waals surface area contributed by atoms with Gasteiger partial charge in [0.2, 0.25) is 0 Å². The molecule has 1 heterocycles. The highest BCUT2D eigenvalue weighted by atomic mass is 16.4. The van der Waals surface area contributed by atoms with Gasteiger partial charge in [-0.05, 0) is 17.7 Å². The van der Waals surface area contributed by atoms with Crippen molar-refractivity contribution in [2.45, 2.75) is 6.54 Å². The zero-order valence-corrected chi connectivity index (χ0v) is 10.6. The predicted molar refractivity (Wildman–Crippen MR) is 66.5 cm³/mol.